The number of nitrogens with one attached hydrogen (secondary N) is 1. The molecular weight excluding hydrogens is 273 g/mol. The number of hydrogen-bond acceptors (Lipinski definition) is 3. The first kappa shape index (κ1) is 14.6. The topological polar surface area (TPSA) is 51.2 Å². The molecule has 1 fully saturated rings. The van der Waals surface area contributed by atoms with E-state index in [0.29, 0.717) is 5.92 Å². The second-order valence-electron chi connectivity index (χ2n) is 5.03. The Morgan fingerprint density at radius 2 is 2.20 bits per heavy atom. The summed E-state index contributed by atoms with van der Waals surface area (Å²) in [6.07, 6.45) is -1.32. The number of rotatable bonds is 4. The van der Waals surface area contributed by atoms with E-state index in [1.165, 1.54) is 18.3 Å². The van der Waals surface area contributed by atoms with Crippen molar-refractivity contribution in [3.05, 3.63) is 23.9 Å². The summed E-state index contributed by atoms with van der Waals surface area (Å²) in [5.41, 5.74) is 0.247. The van der Waals surface area contributed by atoms with Crippen molar-refractivity contribution in [1.29, 1.82) is 0 Å². The van der Waals surface area contributed by atoms with Gasteiger partial charge in [-0.05, 0) is 24.8 Å². The van der Waals surface area contributed by atoms with Crippen LogP contribution in [0.5, 0.6) is 5.88 Å². The highest BCUT2D eigenvalue weighted by Crippen LogP contribution is 2.26. The Labute approximate surface area is 114 Å². The third-order valence-corrected chi connectivity index (χ3v) is 3.09. The van der Waals surface area contributed by atoms with Crippen molar-refractivity contribution >= 4 is 5.91 Å². The number of nitrogens with zero attached hydrogens (tertiary/aromatic N) is 1. The van der Waals surface area contributed by atoms with Crippen molar-refractivity contribution in [3.63, 3.8) is 0 Å². The van der Waals surface area contributed by atoms with Crippen LogP contribution in [0.4, 0.5) is 13.2 Å². The van der Waals surface area contributed by atoms with E-state index in [0.717, 1.165) is 12.8 Å². The van der Waals surface area contributed by atoms with Gasteiger partial charge in [0.1, 0.15) is 0 Å². The van der Waals surface area contributed by atoms with Gasteiger partial charge in [0.15, 0.2) is 6.61 Å². The first-order chi connectivity index (χ1) is 9.33. The number of amides is 1. The molecule has 0 spiro atoms. The smallest absolute Gasteiger partial charge is 0.422 e. The molecule has 0 atom stereocenters. The van der Waals surface area contributed by atoms with Crippen molar-refractivity contribution in [2.75, 3.05) is 6.61 Å². The van der Waals surface area contributed by atoms with Gasteiger partial charge in [-0.25, -0.2) is 4.98 Å². The van der Waals surface area contributed by atoms with Crippen molar-refractivity contribution in [1.82, 2.24) is 10.3 Å². The van der Waals surface area contributed by atoms with E-state index < -0.39 is 12.8 Å². The normalized spacial score (nSPS) is 22.0. The first-order valence-corrected chi connectivity index (χ1v) is 6.30. The molecule has 7 heteroatoms. The maximum Gasteiger partial charge on any atom is 0.422 e. The number of aromatic nitrogens is 1. The second kappa shape index (κ2) is 5.68. The average Bonchev–Trinajstić information content (AvgIpc) is 2.34. The Kier molecular flexibility index (Phi) is 4.15. The van der Waals surface area contributed by atoms with Gasteiger partial charge in [-0.15, -0.1) is 0 Å². The van der Waals surface area contributed by atoms with Gasteiger partial charge in [0.25, 0.3) is 5.91 Å². The van der Waals surface area contributed by atoms with Crippen molar-refractivity contribution < 1.29 is 22.7 Å². The summed E-state index contributed by atoms with van der Waals surface area (Å²) in [6.45, 7) is 0.670. The summed E-state index contributed by atoms with van der Waals surface area (Å²) in [7, 11) is 0. The molecule has 1 N–H and O–H groups in total. The van der Waals surface area contributed by atoms with Crippen LogP contribution in [-0.4, -0.2) is 29.7 Å². The number of halogens is 3. The lowest BCUT2D eigenvalue weighted by Gasteiger charge is -2.33. The molecule has 4 nitrogen and oxygen atoms in total. The molecule has 0 bridgehead atoms. The predicted molar refractivity (Wildman–Crippen MR) is 65.4 cm³/mol. The van der Waals surface area contributed by atoms with Crippen molar-refractivity contribution in [2.45, 2.75) is 32.0 Å². The van der Waals surface area contributed by atoms with Gasteiger partial charge in [-0.3, -0.25) is 4.79 Å². The van der Waals surface area contributed by atoms with Crippen molar-refractivity contribution in [2.24, 2.45) is 5.92 Å². The molecule has 0 radical (unpaired) electrons. The summed E-state index contributed by atoms with van der Waals surface area (Å²) in [6, 6.07) is 2.80. The lowest BCUT2D eigenvalue weighted by atomic mass is 9.82. The van der Waals surface area contributed by atoms with Gasteiger partial charge in [0, 0.05) is 23.9 Å². The second-order valence-corrected chi connectivity index (χ2v) is 5.03. The number of ether oxygens (including phenoxy) is 1. The zero-order valence-corrected chi connectivity index (χ0v) is 10.9. The number of carbonyl (C=O) groups is 1. The number of hydrogen-bond donors (Lipinski definition) is 1. The van der Waals surface area contributed by atoms with Gasteiger partial charge < -0.3 is 10.1 Å². The van der Waals surface area contributed by atoms with E-state index in [1.54, 1.807) is 0 Å². The Balaban J connectivity index is 1.93. The minimum atomic E-state index is -4.43. The largest absolute Gasteiger partial charge is 0.468 e. The minimum Gasteiger partial charge on any atom is -0.468 e. The third kappa shape index (κ3) is 4.11. The monoisotopic (exact) mass is 288 g/mol. The molecule has 1 heterocycles. The van der Waals surface area contributed by atoms with E-state index in [9.17, 15) is 18.0 Å². The average molecular weight is 288 g/mol. The van der Waals surface area contributed by atoms with Crippen LogP contribution in [0.3, 0.4) is 0 Å². The van der Waals surface area contributed by atoms with Gasteiger partial charge in [0.05, 0.1) is 0 Å². The predicted octanol–water partition coefficient (Wildman–Crippen LogP) is 2.55. The molecular formula is C13H15F3N2O2. The summed E-state index contributed by atoms with van der Waals surface area (Å²) in [4.78, 5) is 15.5. The highest BCUT2D eigenvalue weighted by Gasteiger charge is 2.29. The molecule has 1 aliphatic carbocycles. The zero-order chi connectivity index (χ0) is 14.8. The van der Waals surface area contributed by atoms with Crippen LogP contribution >= 0.6 is 0 Å². The van der Waals surface area contributed by atoms with Crippen LogP contribution < -0.4 is 10.1 Å². The summed E-state index contributed by atoms with van der Waals surface area (Å²) in [5, 5.41) is 2.82. The molecule has 110 valence electrons. The van der Waals surface area contributed by atoms with E-state index >= 15 is 0 Å². The maximum atomic E-state index is 12.0. The van der Waals surface area contributed by atoms with Crippen LogP contribution in [-0.2, 0) is 0 Å². The fourth-order valence-electron chi connectivity index (χ4n) is 2.07. The summed E-state index contributed by atoms with van der Waals surface area (Å²) < 4.78 is 40.6. The molecule has 0 unspecified atom stereocenters. The molecule has 1 aromatic rings. The van der Waals surface area contributed by atoms with E-state index in [2.05, 4.69) is 22.0 Å². The van der Waals surface area contributed by atoms with Gasteiger partial charge in [-0.2, -0.15) is 13.2 Å². The Morgan fingerprint density at radius 1 is 1.50 bits per heavy atom. The van der Waals surface area contributed by atoms with Crippen LogP contribution in [0.2, 0.25) is 0 Å². The van der Waals surface area contributed by atoms with E-state index in [1.807, 2.05) is 0 Å². The molecule has 1 amide bonds. The van der Waals surface area contributed by atoms with Gasteiger partial charge in [-0.1, -0.05) is 6.92 Å². The maximum absolute atomic E-state index is 12.0. The van der Waals surface area contributed by atoms with Gasteiger partial charge >= 0.3 is 6.18 Å². The van der Waals surface area contributed by atoms with E-state index in [4.69, 9.17) is 0 Å². The molecule has 0 aromatic carbocycles. The Morgan fingerprint density at radius 3 is 2.80 bits per heavy atom. The lowest BCUT2D eigenvalue weighted by molar-refractivity contribution is -0.154. The Bertz CT molecular complexity index is 485. The number of carbonyl (C=O) groups excluding carboxylic acids is 1. The number of pyridine rings is 1. The molecule has 1 aromatic heterocycles. The SMILES string of the molecule is CC1CC(NC(=O)c2ccnc(OCC(F)(F)F)c2)C1. The molecule has 20 heavy (non-hydrogen) atoms. The fourth-order valence-corrected chi connectivity index (χ4v) is 2.07. The molecule has 1 saturated carbocycles. The Hall–Kier alpha value is -1.79. The van der Waals surface area contributed by atoms with Crippen LogP contribution in [0.1, 0.15) is 30.1 Å². The fraction of sp³-hybridized carbons (Fsp3) is 0.538. The zero-order valence-electron chi connectivity index (χ0n) is 10.9. The standard InChI is InChI=1S/C13H15F3N2O2/c1-8-4-10(5-8)18-12(19)9-2-3-17-11(6-9)20-7-13(14,15)16/h2-3,6,8,10H,4-5,7H2,1H3,(H,18,19). The summed E-state index contributed by atoms with van der Waals surface area (Å²) in [5.74, 6) is 0.0709. The molecule has 0 aliphatic heterocycles. The number of alkyl halides is 3. The van der Waals surface area contributed by atoms with Crippen LogP contribution in [0, 0.1) is 5.92 Å². The highest BCUT2D eigenvalue weighted by molar-refractivity contribution is 5.94. The van der Waals surface area contributed by atoms with Crippen LogP contribution in [0.25, 0.3) is 0 Å². The quantitative estimate of drug-likeness (QED) is 0.926. The van der Waals surface area contributed by atoms with E-state index in [-0.39, 0.29) is 23.4 Å². The third-order valence-electron chi connectivity index (χ3n) is 3.09. The molecule has 1 aliphatic rings. The molecule has 0 saturated heterocycles. The molecule has 2 rings (SSSR count). The van der Waals surface area contributed by atoms with Gasteiger partial charge in [0.2, 0.25) is 5.88 Å². The van der Waals surface area contributed by atoms with Crippen LogP contribution in [0.15, 0.2) is 18.3 Å². The first-order valence-electron chi connectivity index (χ1n) is 6.30. The minimum absolute atomic E-state index is 0.144. The highest BCUT2D eigenvalue weighted by atomic mass is 19.4. The lowest BCUT2D eigenvalue weighted by Crippen LogP contribution is -2.43. The summed E-state index contributed by atoms with van der Waals surface area (Å²) >= 11 is 0. The van der Waals surface area contributed by atoms with Crippen molar-refractivity contribution in [3.8, 4) is 5.88 Å².